The van der Waals surface area contributed by atoms with Crippen molar-refractivity contribution in [3.05, 3.63) is 34.9 Å². The highest BCUT2D eigenvalue weighted by Crippen LogP contribution is 2.11. The monoisotopic (exact) mass is 209 g/mol. The molecule has 2 heteroatoms. The van der Waals surface area contributed by atoms with Crippen molar-refractivity contribution < 1.29 is 4.79 Å². The maximum absolute atomic E-state index is 11.8. The van der Waals surface area contributed by atoms with Gasteiger partial charge in [-0.2, -0.15) is 0 Å². The van der Waals surface area contributed by atoms with E-state index in [2.05, 4.69) is 18.6 Å². The molecule has 0 radical (unpaired) electrons. The molecule has 0 amide bonds. The average molecular weight is 209 g/mol. The van der Waals surface area contributed by atoms with E-state index in [0.29, 0.717) is 5.75 Å². The number of hydrogen-bond acceptors (Lipinski definition) is 1. The highest BCUT2D eigenvalue weighted by atomic mass is 32.2. The Morgan fingerprint density at radius 1 is 1.29 bits per heavy atom. The van der Waals surface area contributed by atoms with Crippen molar-refractivity contribution in [1.82, 2.24) is 0 Å². The van der Waals surface area contributed by atoms with Crippen LogP contribution in [0.4, 0.5) is 0 Å². The second-order valence-electron chi connectivity index (χ2n) is 3.87. The zero-order valence-corrected chi connectivity index (χ0v) is 10.1. The fourth-order valence-electron chi connectivity index (χ4n) is 1.47. The van der Waals surface area contributed by atoms with Gasteiger partial charge in [0.25, 0.3) is 0 Å². The highest BCUT2D eigenvalue weighted by molar-refractivity contribution is 7.96. The molecule has 0 unspecified atom stereocenters. The van der Waals surface area contributed by atoms with E-state index in [0.717, 1.165) is 11.1 Å². The molecule has 1 aromatic carbocycles. The molecule has 0 aromatic heterocycles. The molecule has 1 rings (SSSR count). The second-order valence-corrected chi connectivity index (χ2v) is 6.13. The van der Waals surface area contributed by atoms with Gasteiger partial charge in [-0.05, 0) is 30.3 Å². The van der Waals surface area contributed by atoms with Crippen molar-refractivity contribution in [1.29, 1.82) is 0 Å². The first kappa shape index (κ1) is 11.3. The summed E-state index contributed by atoms with van der Waals surface area (Å²) in [5, 5.41) is 0. The fourth-order valence-corrected chi connectivity index (χ4v) is 2.15. The summed E-state index contributed by atoms with van der Waals surface area (Å²) in [5.74, 6) is 0.944. The van der Waals surface area contributed by atoms with E-state index in [-0.39, 0.29) is 16.7 Å². The summed E-state index contributed by atoms with van der Waals surface area (Å²) in [6.07, 6.45) is 4.20. The summed E-state index contributed by atoms with van der Waals surface area (Å²) in [5.41, 5.74) is 3.20. The van der Waals surface area contributed by atoms with E-state index in [1.165, 1.54) is 5.56 Å². The standard InChI is InChI=1S/C12H17OS/c1-9-5-6-11(10(2)7-9)12(13)8-14(3)4/h5-7H,8H2,1-4H3/q+1. The zero-order chi connectivity index (χ0) is 10.7. The third-order valence-electron chi connectivity index (χ3n) is 2.10. The normalized spacial score (nSPS) is 10.6. The molecule has 0 aliphatic rings. The fraction of sp³-hybridized carbons (Fsp3) is 0.417. The van der Waals surface area contributed by atoms with Gasteiger partial charge in [-0.1, -0.05) is 23.8 Å². The van der Waals surface area contributed by atoms with Crippen molar-refractivity contribution in [3.8, 4) is 0 Å². The summed E-state index contributed by atoms with van der Waals surface area (Å²) in [4.78, 5) is 11.8. The van der Waals surface area contributed by atoms with Crippen LogP contribution in [-0.2, 0) is 10.9 Å². The van der Waals surface area contributed by atoms with Crippen LogP contribution in [0.15, 0.2) is 18.2 Å². The third kappa shape index (κ3) is 2.88. The van der Waals surface area contributed by atoms with Gasteiger partial charge in [-0.3, -0.25) is 4.79 Å². The van der Waals surface area contributed by atoms with Gasteiger partial charge in [0.1, 0.15) is 0 Å². The van der Waals surface area contributed by atoms with Gasteiger partial charge >= 0.3 is 0 Å². The summed E-state index contributed by atoms with van der Waals surface area (Å²) < 4.78 is 0. The minimum atomic E-state index is 0.191. The Morgan fingerprint density at radius 3 is 2.43 bits per heavy atom. The third-order valence-corrected chi connectivity index (χ3v) is 2.94. The van der Waals surface area contributed by atoms with Crippen LogP contribution in [0.1, 0.15) is 21.5 Å². The molecule has 0 bridgehead atoms. The molecule has 0 fully saturated rings. The number of ketones is 1. The second kappa shape index (κ2) is 4.65. The Kier molecular flexibility index (Phi) is 3.76. The molecule has 0 aliphatic carbocycles. The van der Waals surface area contributed by atoms with Gasteiger partial charge in [0, 0.05) is 5.56 Å². The van der Waals surface area contributed by atoms with Crippen LogP contribution in [0.5, 0.6) is 0 Å². The Hall–Kier alpha value is -0.760. The van der Waals surface area contributed by atoms with Crippen LogP contribution < -0.4 is 0 Å². The molecule has 0 N–H and O–H groups in total. The Morgan fingerprint density at radius 2 is 1.93 bits per heavy atom. The van der Waals surface area contributed by atoms with E-state index in [9.17, 15) is 4.79 Å². The summed E-state index contributed by atoms with van der Waals surface area (Å²) in [7, 11) is 0.191. The van der Waals surface area contributed by atoms with E-state index < -0.39 is 0 Å². The molecule has 1 nitrogen and oxygen atoms in total. The maximum atomic E-state index is 11.8. The molecule has 0 saturated carbocycles. The first-order chi connectivity index (χ1) is 6.50. The molecular formula is C12H17OS+. The van der Waals surface area contributed by atoms with E-state index in [4.69, 9.17) is 0 Å². The number of benzene rings is 1. The minimum absolute atomic E-state index is 0.191. The van der Waals surface area contributed by atoms with Crippen LogP contribution in [0, 0.1) is 13.8 Å². The first-order valence-electron chi connectivity index (χ1n) is 4.65. The molecule has 14 heavy (non-hydrogen) atoms. The zero-order valence-electron chi connectivity index (χ0n) is 9.26. The Bertz CT molecular complexity index is 342. The topological polar surface area (TPSA) is 17.1 Å². The average Bonchev–Trinajstić information content (AvgIpc) is 2.01. The van der Waals surface area contributed by atoms with Crippen molar-refractivity contribution >= 4 is 16.7 Å². The Balaban J connectivity index is 2.90. The number of aryl methyl sites for hydroxylation is 2. The van der Waals surface area contributed by atoms with Crippen LogP contribution in [-0.4, -0.2) is 24.0 Å². The lowest BCUT2D eigenvalue weighted by molar-refractivity contribution is 0.102. The van der Waals surface area contributed by atoms with Crippen molar-refractivity contribution in [2.75, 3.05) is 18.3 Å². The molecule has 0 atom stereocenters. The van der Waals surface area contributed by atoms with Crippen molar-refractivity contribution in [2.45, 2.75) is 13.8 Å². The van der Waals surface area contributed by atoms with Gasteiger partial charge < -0.3 is 0 Å². The molecule has 0 saturated heterocycles. The lowest BCUT2D eigenvalue weighted by atomic mass is 10.0. The molecule has 0 heterocycles. The van der Waals surface area contributed by atoms with E-state index >= 15 is 0 Å². The van der Waals surface area contributed by atoms with Crippen molar-refractivity contribution in [3.63, 3.8) is 0 Å². The number of rotatable bonds is 3. The van der Waals surface area contributed by atoms with Crippen molar-refractivity contribution in [2.24, 2.45) is 0 Å². The van der Waals surface area contributed by atoms with Gasteiger partial charge in [0.05, 0.1) is 12.5 Å². The summed E-state index contributed by atoms with van der Waals surface area (Å²) in [6.45, 7) is 4.05. The van der Waals surface area contributed by atoms with Gasteiger partial charge in [0.15, 0.2) is 5.75 Å². The molecule has 0 aliphatic heterocycles. The van der Waals surface area contributed by atoms with Gasteiger partial charge in [0.2, 0.25) is 5.78 Å². The smallest absolute Gasteiger partial charge is 0.212 e. The van der Waals surface area contributed by atoms with Crippen LogP contribution in [0.2, 0.25) is 0 Å². The number of Topliss-reactive ketones (excluding diaryl/α,β-unsaturated/α-hetero) is 1. The van der Waals surface area contributed by atoms with E-state index in [1.54, 1.807) is 0 Å². The lowest BCUT2D eigenvalue weighted by Crippen LogP contribution is -2.14. The SMILES string of the molecule is Cc1ccc(C(=O)C[S+](C)C)c(C)c1. The van der Waals surface area contributed by atoms with E-state index in [1.807, 2.05) is 26.0 Å². The predicted octanol–water partition coefficient (Wildman–Crippen LogP) is 2.36. The summed E-state index contributed by atoms with van der Waals surface area (Å²) >= 11 is 0. The lowest BCUT2D eigenvalue weighted by Gasteiger charge is -2.04. The van der Waals surface area contributed by atoms with Crippen LogP contribution >= 0.6 is 0 Å². The number of carbonyl (C=O) groups excluding carboxylic acids is 1. The van der Waals surface area contributed by atoms with Gasteiger partial charge in [-0.25, -0.2) is 0 Å². The Labute approximate surface area is 88.9 Å². The van der Waals surface area contributed by atoms with Crippen LogP contribution in [0.25, 0.3) is 0 Å². The van der Waals surface area contributed by atoms with Crippen LogP contribution in [0.3, 0.4) is 0 Å². The number of carbonyl (C=O) groups is 1. The molecular weight excluding hydrogens is 192 g/mol. The molecule has 0 spiro atoms. The maximum Gasteiger partial charge on any atom is 0.212 e. The highest BCUT2D eigenvalue weighted by Gasteiger charge is 2.15. The van der Waals surface area contributed by atoms with Gasteiger partial charge in [-0.15, -0.1) is 0 Å². The quantitative estimate of drug-likeness (QED) is 0.552. The molecule has 1 aromatic rings. The summed E-state index contributed by atoms with van der Waals surface area (Å²) in [6, 6.07) is 6.01. The largest absolute Gasteiger partial charge is 0.289 e. The predicted molar refractivity (Wildman–Crippen MR) is 64.3 cm³/mol. The minimum Gasteiger partial charge on any atom is -0.289 e. The first-order valence-corrected chi connectivity index (χ1v) is 6.86. The number of hydrogen-bond donors (Lipinski definition) is 0. The molecule has 76 valence electrons.